The average molecular weight is 305 g/mol. The highest BCUT2D eigenvalue weighted by molar-refractivity contribution is 7.13. The Balaban J connectivity index is 1.76. The van der Waals surface area contributed by atoms with Crippen LogP contribution in [0.2, 0.25) is 0 Å². The molecule has 21 heavy (non-hydrogen) atoms. The fourth-order valence-electron chi connectivity index (χ4n) is 1.79. The second-order valence-electron chi connectivity index (χ2n) is 4.46. The van der Waals surface area contributed by atoms with Gasteiger partial charge in [-0.2, -0.15) is 0 Å². The molecule has 0 aliphatic heterocycles. The molecule has 0 fully saturated rings. The second kappa shape index (κ2) is 6.85. The predicted molar refractivity (Wildman–Crippen MR) is 80.3 cm³/mol. The van der Waals surface area contributed by atoms with Crippen LogP contribution in [0, 0.1) is 0 Å². The fourth-order valence-corrected chi connectivity index (χ4v) is 2.35. The van der Waals surface area contributed by atoms with Gasteiger partial charge < -0.3 is 16.2 Å². The van der Waals surface area contributed by atoms with Gasteiger partial charge in [0.2, 0.25) is 5.91 Å². The summed E-state index contributed by atoms with van der Waals surface area (Å²) >= 11 is 1.31. The Hall–Kier alpha value is -2.41. The number of hydrogen-bond acceptors (Lipinski definition) is 5. The number of carbonyl (C=O) groups excluding carboxylic acids is 1. The number of nitrogens with two attached hydrogens (primary N) is 1. The summed E-state index contributed by atoms with van der Waals surface area (Å²) in [6, 6.07) is 6.60. The van der Waals surface area contributed by atoms with Crippen LogP contribution in [0.3, 0.4) is 0 Å². The van der Waals surface area contributed by atoms with Crippen molar-refractivity contribution >= 4 is 28.3 Å². The molecule has 110 valence electrons. The number of carboxylic acid groups (broad SMARTS) is 1. The van der Waals surface area contributed by atoms with E-state index in [1.54, 1.807) is 29.6 Å². The number of benzene rings is 1. The van der Waals surface area contributed by atoms with Gasteiger partial charge in [0.15, 0.2) is 5.13 Å². The first-order valence-corrected chi connectivity index (χ1v) is 7.21. The normalized spacial score (nSPS) is 10.3. The van der Waals surface area contributed by atoms with Crippen LogP contribution in [0.5, 0.6) is 0 Å². The van der Waals surface area contributed by atoms with Crippen molar-refractivity contribution in [1.82, 2.24) is 10.3 Å². The van der Waals surface area contributed by atoms with Gasteiger partial charge in [0.1, 0.15) is 0 Å². The molecule has 0 aliphatic carbocycles. The predicted octanol–water partition coefficient (Wildman–Crippen LogP) is 1.32. The molecule has 7 heteroatoms. The van der Waals surface area contributed by atoms with Crippen LogP contribution in [-0.2, 0) is 17.6 Å². The maximum atomic E-state index is 11.7. The van der Waals surface area contributed by atoms with Gasteiger partial charge in [-0.25, -0.2) is 9.78 Å². The first kappa shape index (κ1) is 15.0. The molecule has 2 rings (SSSR count). The lowest BCUT2D eigenvalue weighted by molar-refractivity contribution is -0.120. The molecule has 1 heterocycles. The monoisotopic (exact) mass is 305 g/mol. The summed E-state index contributed by atoms with van der Waals surface area (Å²) in [7, 11) is 0. The van der Waals surface area contributed by atoms with E-state index in [1.807, 2.05) is 0 Å². The van der Waals surface area contributed by atoms with Crippen molar-refractivity contribution in [2.75, 3.05) is 12.3 Å². The third-order valence-electron chi connectivity index (χ3n) is 2.85. The minimum atomic E-state index is -0.947. The zero-order valence-corrected chi connectivity index (χ0v) is 12.0. The quantitative estimate of drug-likeness (QED) is 0.746. The molecule has 1 aromatic heterocycles. The molecule has 0 unspecified atom stereocenters. The van der Waals surface area contributed by atoms with Gasteiger partial charge in [-0.05, 0) is 24.1 Å². The number of nitrogens with one attached hydrogen (secondary N) is 1. The Morgan fingerprint density at radius 2 is 2.00 bits per heavy atom. The summed E-state index contributed by atoms with van der Waals surface area (Å²) in [5.74, 6) is -1.06. The molecule has 4 N–H and O–H groups in total. The molecule has 1 amide bonds. The highest BCUT2D eigenvalue weighted by Gasteiger charge is 2.06. The molecule has 0 saturated heterocycles. The third kappa shape index (κ3) is 4.57. The number of aromatic nitrogens is 1. The highest BCUT2D eigenvalue weighted by atomic mass is 32.1. The Bertz CT molecular complexity index is 637. The number of amides is 1. The molecule has 2 aromatic rings. The molecular weight excluding hydrogens is 290 g/mol. The Labute approximate surface area is 125 Å². The summed E-state index contributed by atoms with van der Waals surface area (Å²) in [4.78, 5) is 26.4. The van der Waals surface area contributed by atoms with E-state index >= 15 is 0 Å². The number of carboxylic acids is 1. The summed E-state index contributed by atoms with van der Waals surface area (Å²) < 4.78 is 0. The van der Waals surface area contributed by atoms with E-state index in [0.29, 0.717) is 23.8 Å². The van der Waals surface area contributed by atoms with E-state index in [0.717, 1.165) is 5.56 Å². The topological polar surface area (TPSA) is 105 Å². The van der Waals surface area contributed by atoms with Crippen LogP contribution in [0.25, 0.3) is 0 Å². The standard InChI is InChI=1S/C14H15N3O3S/c15-14-17-11(8-21-14)7-12(18)16-6-5-9-1-3-10(4-2-9)13(19)20/h1-4,8H,5-7H2,(H2,15,17)(H,16,18)(H,19,20). The molecule has 0 bridgehead atoms. The van der Waals surface area contributed by atoms with Crippen LogP contribution in [-0.4, -0.2) is 28.5 Å². The summed E-state index contributed by atoms with van der Waals surface area (Å²) in [5, 5.41) is 13.8. The fraction of sp³-hybridized carbons (Fsp3) is 0.214. The maximum Gasteiger partial charge on any atom is 0.335 e. The lowest BCUT2D eigenvalue weighted by Gasteiger charge is -2.05. The van der Waals surface area contributed by atoms with Gasteiger partial charge in [0, 0.05) is 11.9 Å². The molecule has 0 radical (unpaired) electrons. The van der Waals surface area contributed by atoms with Crippen molar-refractivity contribution in [2.45, 2.75) is 12.8 Å². The van der Waals surface area contributed by atoms with Gasteiger partial charge in [-0.3, -0.25) is 4.79 Å². The van der Waals surface area contributed by atoms with Crippen molar-refractivity contribution in [2.24, 2.45) is 0 Å². The number of rotatable bonds is 6. The molecule has 1 aromatic carbocycles. The number of hydrogen-bond donors (Lipinski definition) is 3. The number of thiazole rings is 1. The lowest BCUT2D eigenvalue weighted by Crippen LogP contribution is -2.27. The Morgan fingerprint density at radius 1 is 1.29 bits per heavy atom. The van der Waals surface area contributed by atoms with Crippen molar-refractivity contribution in [3.8, 4) is 0 Å². The summed E-state index contributed by atoms with van der Waals surface area (Å²) in [6.07, 6.45) is 0.858. The lowest BCUT2D eigenvalue weighted by atomic mass is 10.1. The third-order valence-corrected chi connectivity index (χ3v) is 3.57. The van der Waals surface area contributed by atoms with Crippen molar-refractivity contribution in [3.05, 3.63) is 46.5 Å². The minimum Gasteiger partial charge on any atom is -0.478 e. The number of aromatic carboxylic acids is 1. The van der Waals surface area contributed by atoms with E-state index in [-0.39, 0.29) is 17.9 Å². The van der Waals surface area contributed by atoms with Crippen LogP contribution in [0.15, 0.2) is 29.6 Å². The second-order valence-corrected chi connectivity index (χ2v) is 5.35. The Morgan fingerprint density at radius 3 is 2.57 bits per heavy atom. The van der Waals surface area contributed by atoms with E-state index in [4.69, 9.17) is 10.8 Å². The van der Waals surface area contributed by atoms with Gasteiger partial charge in [-0.15, -0.1) is 11.3 Å². The van der Waals surface area contributed by atoms with Gasteiger partial charge in [0.25, 0.3) is 0 Å². The number of carbonyl (C=O) groups is 2. The van der Waals surface area contributed by atoms with Crippen molar-refractivity contribution in [1.29, 1.82) is 0 Å². The minimum absolute atomic E-state index is 0.109. The number of anilines is 1. The van der Waals surface area contributed by atoms with Gasteiger partial charge >= 0.3 is 5.97 Å². The van der Waals surface area contributed by atoms with Crippen LogP contribution < -0.4 is 11.1 Å². The molecule has 6 nitrogen and oxygen atoms in total. The van der Waals surface area contributed by atoms with Crippen LogP contribution in [0.4, 0.5) is 5.13 Å². The zero-order valence-electron chi connectivity index (χ0n) is 11.2. The smallest absolute Gasteiger partial charge is 0.335 e. The average Bonchev–Trinajstić information content (AvgIpc) is 2.84. The van der Waals surface area contributed by atoms with E-state index in [1.165, 1.54) is 11.3 Å². The first-order chi connectivity index (χ1) is 10.0. The Kier molecular flexibility index (Phi) is 4.89. The SMILES string of the molecule is Nc1nc(CC(=O)NCCc2ccc(C(=O)O)cc2)cs1. The van der Waals surface area contributed by atoms with E-state index in [9.17, 15) is 9.59 Å². The largest absolute Gasteiger partial charge is 0.478 e. The van der Waals surface area contributed by atoms with Crippen molar-refractivity contribution < 1.29 is 14.7 Å². The summed E-state index contributed by atoms with van der Waals surface area (Å²) in [5.41, 5.74) is 7.39. The first-order valence-electron chi connectivity index (χ1n) is 6.33. The molecule has 0 spiro atoms. The van der Waals surface area contributed by atoms with E-state index in [2.05, 4.69) is 10.3 Å². The van der Waals surface area contributed by atoms with Gasteiger partial charge in [-0.1, -0.05) is 12.1 Å². The maximum absolute atomic E-state index is 11.7. The molecule has 0 saturated carbocycles. The molecule has 0 aliphatic rings. The van der Waals surface area contributed by atoms with Crippen LogP contribution in [0.1, 0.15) is 21.6 Å². The molecular formula is C14H15N3O3S. The van der Waals surface area contributed by atoms with E-state index < -0.39 is 5.97 Å². The highest BCUT2D eigenvalue weighted by Crippen LogP contribution is 2.11. The van der Waals surface area contributed by atoms with Gasteiger partial charge in [0.05, 0.1) is 17.7 Å². The summed E-state index contributed by atoms with van der Waals surface area (Å²) in [6.45, 7) is 0.491. The molecule has 0 atom stereocenters. The zero-order chi connectivity index (χ0) is 15.2. The number of nitrogens with zero attached hydrogens (tertiary/aromatic N) is 1. The van der Waals surface area contributed by atoms with Crippen molar-refractivity contribution in [3.63, 3.8) is 0 Å². The number of nitrogen functional groups attached to an aromatic ring is 1. The van der Waals surface area contributed by atoms with Crippen LogP contribution >= 0.6 is 11.3 Å².